The minimum atomic E-state index is -0.210. The lowest BCUT2D eigenvalue weighted by molar-refractivity contribution is -0.133. The number of amides is 1. The number of carbonyl (C=O) groups excluding carboxylic acids is 1. The number of aromatic nitrogens is 4. The Labute approximate surface area is 162 Å². The highest BCUT2D eigenvalue weighted by molar-refractivity contribution is 5.77. The van der Waals surface area contributed by atoms with Crippen LogP contribution < -0.4 is 5.56 Å². The van der Waals surface area contributed by atoms with Crippen molar-refractivity contribution in [3.05, 3.63) is 64.7 Å². The lowest BCUT2D eigenvalue weighted by Gasteiger charge is -2.34. The molecule has 8 heteroatoms. The molecule has 0 saturated carbocycles. The molecule has 1 aliphatic heterocycles. The van der Waals surface area contributed by atoms with Gasteiger partial charge in [-0.25, -0.2) is 4.68 Å². The number of benzene rings is 1. The third-order valence-electron chi connectivity index (χ3n) is 5.00. The van der Waals surface area contributed by atoms with E-state index in [1.54, 1.807) is 24.4 Å². The first-order valence-electron chi connectivity index (χ1n) is 9.43. The molecular weight excluding hydrogens is 356 g/mol. The van der Waals surface area contributed by atoms with Crippen molar-refractivity contribution in [1.29, 1.82) is 0 Å². The molecule has 1 saturated heterocycles. The van der Waals surface area contributed by atoms with Crippen LogP contribution in [0.15, 0.2) is 53.5 Å². The van der Waals surface area contributed by atoms with Gasteiger partial charge in [0, 0.05) is 45.3 Å². The first-order chi connectivity index (χ1) is 13.7. The molecule has 0 spiro atoms. The Morgan fingerprint density at radius 3 is 2.57 bits per heavy atom. The molecule has 144 valence electrons. The number of fused-ring (bicyclic) bond motifs is 1. The quantitative estimate of drug-likeness (QED) is 0.657. The number of pyridine rings is 1. The van der Waals surface area contributed by atoms with Gasteiger partial charge in [-0.3, -0.25) is 19.5 Å². The van der Waals surface area contributed by atoms with Crippen LogP contribution >= 0.6 is 0 Å². The van der Waals surface area contributed by atoms with E-state index in [1.165, 1.54) is 4.68 Å². The second-order valence-corrected chi connectivity index (χ2v) is 6.86. The Hall–Kier alpha value is -3.13. The summed E-state index contributed by atoms with van der Waals surface area (Å²) in [5, 5.41) is 8.53. The Bertz CT molecular complexity index is 1010. The summed E-state index contributed by atoms with van der Waals surface area (Å²) in [5.74, 6) is 0.0411. The van der Waals surface area contributed by atoms with Crippen molar-refractivity contribution in [1.82, 2.24) is 29.8 Å². The van der Waals surface area contributed by atoms with Crippen LogP contribution in [0.5, 0.6) is 0 Å². The number of nitrogens with zero attached hydrogens (tertiary/aromatic N) is 6. The highest BCUT2D eigenvalue weighted by Gasteiger charge is 2.21. The van der Waals surface area contributed by atoms with Gasteiger partial charge in [0.1, 0.15) is 5.52 Å². The molecule has 28 heavy (non-hydrogen) atoms. The van der Waals surface area contributed by atoms with Crippen LogP contribution in [0.4, 0.5) is 0 Å². The third kappa shape index (κ3) is 4.07. The summed E-state index contributed by atoms with van der Waals surface area (Å²) >= 11 is 0. The lowest BCUT2D eigenvalue weighted by atomic mass is 10.2. The standard InChI is InChI=1S/C20H22N6O2/c27-19(8-10-26-20(28)17-6-1-2-7-18(17)22-23-26)25-13-11-24(12-14-25)15-16-5-3-4-9-21-16/h1-7,9H,8,10-15H2. The van der Waals surface area contributed by atoms with Gasteiger partial charge in [0.2, 0.25) is 5.91 Å². The van der Waals surface area contributed by atoms with Crippen LogP contribution in [-0.4, -0.2) is 61.9 Å². The Balaban J connectivity index is 1.30. The van der Waals surface area contributed by atoms with Crippen molar-refractivity contribution < 1.29 is 4.79 Å². The average molecular weight is 378 g/mol. The topological polar surface area (TPSA) is 84.2 Å². The lowest BCUT2D eigenvalue weighted by Crippen LogP contribution is -2.48. The maximum absolute atomic E-state index is 12.5. The average Bonchev–Trinajstić information content (AvgIpc) is 2.74. The van der Waals surface area contributed by atoms with Crippen LogP contribution in [0.1, 0.15) is 12.1 Å². The van der Waals surface area contributed by atoms with Crippen LogP contribution in [0.25, 0.3) is 10.9 Å². The van der Waals surface area contributed by atoms with Crippen molar-refractivity contribution in [2.45, 2.75) is 19.5 Å². The van der Waals surface area contributed by atoms with Crippen LogP contribution in [0.3, 0.4) is 0 Å². The number of hydrogen-bond acceptors (Lipinski definition) is 6. The Morgan fingerprint density at radius 2 is 1.79 bits per heavy atom. The monoisotopic (exact) mass is 378 g/mol. The van der Waals surface area contributed by atoms with Gasteiger partial charge in [0.15, 0.2) is 0 Å². The minimum Gasteiger partial charge on any atom is -0.340 e. The van der Waals surface area contributed by atoms with Gasteiger partial charge in [-0.05, 0) is 24.3 Å². The fourth-order valence-corrected chi connectivity index (χ4v) is 3.41. The molecule has 0 atom stereocenters. The van der Waals surface area contributed by atoms with Gasteiger partial charge in [0.05, 0.1) is 17.6 Å². The molecule has 0 bridgehead atoms. The van der Waals surface area contributed by atoms with Crippen molar-refractivity contribution in [2.24, 2.45) is 0 Å². The molecule has 4 rings (SSSR count). The summed E-state index contributed by atoms with van der Waals surface area (Å²) in [4.78, 5) is 33.5. The van der Waals surface area contributed by atoms with E-state index in [1.807, 2.05) is 29.2 Å². The van der Waals surface area contributed by atoms with E-state index >= 15 is 0 Å². The summed E-state index contributed by atoms with van der Waals surface area (Å²) in [6.07, 6.45) is 2.04. The number of rotatable bonds is 5. The van der Waals surface area contributed by atoms with E-state index in [4.69, 9.17) is 0 Å². The predicted molar refractivity (Wildman–Crippen MR) is 105 cm³/mol. The molecule has 1 amide bonds. The second-order valence-electron chi connectivity index (χ2n) is 6.86. The molecule has 1 fully saturated rings. The summed E-state index contributed by atoms with van der Waals surface area (Å²) in [7, 11) is 0. The first-order valence-corrected chi connectivity index (χ1v) is 9.43. The second kappa shape index (κ2) is 8.26. The zero-order valence-corrected chi connectivity index (χ0v) is 15.6. The van der Waals surface area contributed by atoms with Crippen LogP contribution in [-0.2, 0) is 17.9 Å². The maximum Gasteiger partial charge on any atom is 0.277 e. The highest BCUT2D eigenvalue weighted by Crippen LogP contribution is 2.08. The molecule has 1 aliphatic rings. The SMILES string of the molecule is O=C(CCn1nnc2ccccc2c1=O)N1CCN(Cc2ccccn2)CC1. The van der Waals surface area contributed by atoms with Crippen molar-refractivity contribution in [3.8, 4) is 0 Å². The maximum atomic E-state index is 12.5. The summed E-state index contributed by atoms with van der Waals surface area (Å²) < 4.78 is 1.28. The molecule has 3 heterocycles. The predicted octanol–water partition coefficient (Wildman–Crippen LogP) is 0.921. The van der Waals surface area contributed by atoms with E-state index in [0.717, 1.165) is 25.3 Å². The molecule has 3 aromatic rings. The number of hydrogen-bond donors (Lipinski definition) is 0. The van der Waals surface area contributed by atoms with Crippen molar-refractivity contribution >= 4 is 16.8 Å². The normalized spacial score (nSPS) is 15.1. The van der Waals surface area contributed by atoms with Gasteiger partial charge in [-0.15, -0.1) is 5.10 Å². The van der Waals surface area contributed by atoms with E-state index in [2.05, 4.69) is 20.2 Å². The van der Waals surface area contributed by atoms with Gasteiger partial charge in [-0.1, -0.05) is 23.4 Å². The molecule has 0 unspecified atom stereocenters. The third-order valence-corrected chi connectivity index (χ3v) is 5.00. The number of carbonyl (C=O) groups is 1. The van der Waals surface area contributed by atoms with Crippen LogP contribution in [0.2, 0.25) is 0 Å². The van der Waals surface area contributed by atoms with Crippen molar-refractivity contribution in [2.75, 3.05) is 26.2 Å². The van der Waals surface area contributed by atoms with E-state index in [-0.39, 0.29) is 24.4 Å². The molecule has 0 N–H and O–H groups in total. The fraction of sp³-hybridized carbons (Fsp3) is 0.350. The summed E-state index contributed by atoms with van der Waals surface area (Å²) in [6.45, 7) is 4.04. The van der Waals surface area contributed by atoms with Gasteiger partial charge in [0.25, 0.3) is 5.56 Å². The smallest absolute Gasteiger partial charge is 0.277 e. The molecule has 1 aromatic carbocycles. The van der Waals surface area contributed by atoms with E-state index < -0.39 is 0 Å². The molecule has 0 aliphatic carbocycles. The zero-order chi connectivity index (χ0) is 19.3. The van der Waals surface area contributed by atoms with Crippen LogP contribution in [0, 0.1) is 0 Å². The Kier molecular flexibility index (Phi) is 5.38. The zero-order valence-electron chi connectivity index (χ0n) is 15.6. The molecule has 2 aromatic heterocycles. The van der Waals surface area contributed by atoms with Gasteiger partial charge in [-0.2, -0.15) is 0 Å². The van der Waals surface area contributed by atoms with E-state index in [0.29, 0.717) is 24.0 Å². The summed E-state index contributed by atoms with van der Waals surface area (Å²) in [6, 6.07) is 13.0. The molecule has 8 nitrogen and oxygen atoms in total. The van der Waals surface area contributed by atoms with Gasteiger partial charge < -0.3 is 4.90 Å². The summed E-state index contributed by atoms with van der Waals surface area (Å²) in [5.41, 5.74) is 1.40. The number of aryl methyl sites for hydroxylation is 1. The van der Waals surface area contributed by atoms with E-state index in [9.17, 15) is 9.59 Å². The first kappa shape index (κ1) is 18.2. The minimum absolute atomic E-state index is 0.0411. The van der Waals surface area contributed by atoms with Crippen molar-refractivity contribution in [3.63, 3.8) is 0 Å². The largest absolute Gasteiger partial charge is 0.340 e. The molecule has 0 radical (unpaired) electrons. The number of piperazine rings is 1. The molecular formula is C20H22N6O2. The Morgan fingerprint density at radius 1 is 1.00 bits per heavy atom. The van der Waals surface area contributed by atoms with Gasteiger partial charge >= 0.3 is 0 Å². The highest BCUT2D eigenvalue weighted by atomic mass is 16.2. The fourth-order valence-electron chi connectivity index (χ4n) is 3.41.